The average molecular weight is 726 g/mol. The second-order valence-corrected chi connectivity index (χ2v) is 14.3. The van der Waals surface area contributed by atoms with Crippen LogP contribution in [0.5, 0.6) is 0 Å². The second kappa shape index (κ2) is 17.7. The molecule has 3 saturated heterocycles. The van der Waals surface area contributed by atoms with Crippen molar-refractivity contribution in [2.75, 3.05) is 106 Å². The molecule has 0 saturated carbocycles. The number of amides is 3. The third kappa shape index (κ3) is 11.0. The molecule has 1 aromatic heterocycles. The number of anilines is 4. The van der Waals surface area contributed by atoms with Crippen molar-refractivity contribution in [3.05, 3.63) is 54.1 Å². The van der Waals surface area contributed by atoms with Crippen molar-refractivity contribution in [2.45, 2.75) is 25.8 Å². The number of benzene rings is 2. The number of carbonyl (C=O) groups is 2. The topological polar surface area (TPSA) is 183 Å². The lowest BCUT2D eigenvalue weighted by Gasteiger charge is -2.35. The van der Waals surface area contributed by atoms with E-state index in [1.165, 1.54) is 6.92 Å². The number of urea groups is 1. The van der Waals surface area contributed by atoms with Gasteiger partial charge in [0.25, 0.3) is 16.0 Å². The molecule has 51 heavy (non-hydrogen) atoms. The van der Waals surface area contributed by atoms with Crippen LogP contribution in [0, 0.1) is 0 Å². The maximum absolute atomic E-state index is 13.0. The Bertz CT molecular complexity index is 1670. The van der Waals surface area contributed by atoms with Crippen LogP contribution in [0.3, 0.4) is 0 Å². The van der Waals surface area contributed by atoms with Crippen LogP contribution in [0.4, 0.5) is 28.1 Å². The number of hydrogen-bond acceptors (Lipinski definition) is 12. The lowest BCUT2D eigenvalue weighted by molar-refractivity contribution is 0.0663. The zero-order valence-electron chi connectivity index (χ0n) is 29.3. The molecule has 2 aromatic carbocycles. The molecule has 0 bridgehead atoms. The Kier molecular flexibility index (Phi) is 13.1. The summed E-state index contributed by atoms with van der Waals surface area (Å²) in [7, 11) is 0.506. The number of nitrogens with zero attached hydrogens (tertiary/aromatic N) is 7. The Morgan fingerprint density at radius 3 is 1.67 bits per heavy atom. The fourth-order valence-corrected chi connectivity index (χ4v) is 5.75. The van der Waals surface area contributed by atoms with E-state index in [4.69, 9.17) is 29.0 Å². The SMILES string of the molecule is CCS(=O)(=O)O.CN(C)C1CCN(C(=O)c2ccc(NC(=O)Nc3ccc(-c4nc(N5CCOCC5)nc(N5CCOCC5)n4)cc3)cc2)CC1. The lowest BCUT2D eigenvalue weighted by Crippen LogP contribution is -2.44. The third-order valence-electron chi connectivity index (χ3n) is 8.84. The molecule has 3 amide bonds. The summed E-state index contributed by atoms with van der Waals surface area (Å²) >= 11 is 0. The summed E-state index contributed by atoms with van der Waals surface area (Å²) in [6.45, 7) is 8.29. The molecular formula is C34H47N9O7S. The van der Waals surface area contributed by atoms with Crippen molar-refractivity contribution >= 4 is 45.3 Å². The Labute approximate surface area is 298 Å². The van der Waals surface area contributed by atoms with Crippen molar-refractivity contribution < 1.29 is 32.0 Å². The van der Waals surface area contributed by atoms with Gasteiger partial charge in [0.2, 0.25) is 11.9 Å². The quantitative estimate of drug-likeness (QED) is 0.289. The minimum Gasteiger partial charge on any atom is -0.378 e. The molecule has 0 unspecified atom stereocenters. The number of rotatable bonds is 8. The van der Waals surface area contributed by atoms with Gasteiger partial charge >= 0.3 is 6.03 Å². The normalized spacial score (nSPS) is 17.1. The van der Waals surface area contributed by atoms with Gasteiger partial charge in [0.05, 0.1) is 32.2 Å². The zero-order chi connectivity index (χ0) is 36.4. The molecule has 0 atom stereocenters. The molecule has 3 fully saturated rings. The number of aromatic nitrogens is 3. The van der Waals surface area contributed by atoms with Gasteiger partial charge < -0.3 is 39.7 Å². The summed E-state index contributed by atoms with van der Waals surface area (Å²) in [4.78, 5) is 48.5. The van der Waals surface area contributed by atoms with Crippen LogP contribution in [0.15, 0.2) is 48.5 Å². The van der Waals surface area contributed by atoms with E-state index in [0.29, 0.717) is 67.1 Å². The first-order chi connectivity index (χ1) is 24.5. The number of likely N-dealkylation sites (tertiary alicyclic amines) is 1. The maximum Gasteiger partial charge on any atom is 0.323 e. The summed E-state index contributed by atoms with van der Waals surface area (Å²) < 4.78 is 37.9. The smallest absolute Gasteiger partial charge is 0.323 e. The minimum atomic E-state index is -3.66. The van der Waals surface area contributed by atoms with E-state index in [2.05, 4.69) is 39.4 Å². The lowest BCUT2D eigenvalue weighted by atomic mass is 10.0. The van der Waals surface area contributed by atoms with Gasteiger partial charge in [-0.05, 0) is 82.4 Å². The number of ether oxygens (including phenoxy) is 2. The van der Waals surface area contributed by atoms with Gasteiger partial charge in [0, 0.05) is 67.8 Å². The van der Waals surface area contributed by atoms with Crippen LogP contribution in [0.2, 0.25) is 0 Å². The first-order valence-corrected chi connectivity index (χ1v) is 18.7. The van der Waals surface area contributed by atoms with Gasteiger partial charge in [-0.3, -0.25) is 9.35 Å². The second-order valence-electron chi connectivity index (χ2n) is 12.5. The number of carbonyl (C=O) groups excluding carboxylic acids is 2. The fraction of sp³-hybridized carbons (Fsp3) is 0.500. The highest BCUT2D eigenvalue weighted by Crippen LogP contribution is 2.24. The number of hydrogen-bond donors (Lipinski definition) is 3. The first kappa shape index (κ1) is 37.8. The molecule has 0 spiro atoms. The molecule has 3 aliphatic rings. The van der Waals surface area contributed by atoms with Crippen LogP contribution in [-0.2, 0) is 19.6 Å². The summed E-state index contributed by atoms with van der Waals surface area (Å²) in [5.74, 6) is 1.66. The van der Waals surface area contributed by atoms with Gasteiger partial charge in [-0.25, -0.2) is 4.79 Å². The van der Waals surface area contributed by atoms with E-state index in [1.54, 1.807) is 24.3 Å². The van der Waals surface area contributed by atoms with Crippen molar-refractivity contribution in [1.82, 2.24) is 24.8 Å². The van der Waals surface area contributed by atoms with E-state index in [0.717, 1.165) is 57.7 Å². The molecule has 3 aromatic rings. The van der Waals surface area contributed by atoms with E-state index < -0.39 is 10.1 Å². The maximum atomic E-state index is 13.0. The molecule has 6 rings (SSSR count). The van der Waals surface area contributed by atoms with Gasteiger partial charge in [0.15, 0.2) is 5.82 Å². The number of piperidine rings is 1. The highest BCUT2D eigenvalue weighted by atomic mass is 32.2. The van der Waals surface area contributed by atoms with Crippen molar-refractivity contribution in [2.24, 2.45) is 0 Å². The van der Waals surface area contributed by atoms with E-state index in [9.17, 15) is 18.0 Å². The van der Waals surface area contributed by atoms with Gasteiger partial charge in [0.1, 0.15) is 0 Å². The molecule has 3 N–H and O–H groups in total. The summed E-state index contributed by atoms with van der Waals surface area (Å²) in [5, 5.41) is 5.71. The highest BCUT2D eigenvalue weighted by Gasteiger charge is 2.25. The van der Waals surface area contributed by atoms with E-state index in [1.807, 2.05) is 29.2 Å². The highest BCUT2D eigenvalue weighted by molar-refractivity contribution is 7.85. The number of morpholine rings is 2. The minimum absolute atomic E-state index is 0.0237. The van der Waals surface area contributed by atoms with Gasteiger partial charge in [-0.2, -0.15) is 23.4 Å². The zero-order valence-corrected chi connectivity index (χ0v) is 30.1. The Balaban J connectivity index is 0.000000774. The molecule has 17 heteroatoms. The average Bonchev–Trinajstić information content (AvgIpc) is 3.15. The summed E-state index contributed by atoms with van der Waals surface area (Å²) in [6, 6.07) is 14.6. The van der Waals surface area contributed by atoms with Gasteiger partial charge in [-0.15, -0.1) is 0 Å². The third-order valence-corrected chi connectivity index (χ3v) is 9.57. The molecule has 16 nitrogen and oxygen atoms in total. The summed E-state index contributed by atoms with van der Waals surface area (Å²) in [6.07, 6.45) is 1.94. The van der Waals surface area contributed by atoms with E-state index in [-0.39, 0.29) is 17.7 Å². The first-order valence-electron chi connectivity index (χ1n) is 17.1. The Morgan fingerprint density at radius 2 is 1.24 bits per heavy atom. The van der Waals surface area contributed by atoms with Crippen LogP contribution in [-0.4, -0.2) is 141 Å². The fourth-order valence-electron chi connectivity index (χ4n) is 5.75. The Hall–Kier alpha value is -4.42. The molecule has 4 heterocycles. The number of nitrogens with one attached hydrogen (secondary N) is 2. The molecule has 276 valence electrons. The van der Waals surface area contributed by atoms with Gasteiger partial charge in [-0.1, -0.05) is 0 Å². The van der Waals surface area contributed by atoms with Crippen molar-refractivity contribution in [3.63, 3.8) is 0 Å². The molecule has 0 radical (unpaired) electrons. The molecular weight excluding hydrogens is 678 g/mol. The van der Waals surface area contributed by atoms with Crippen LogP contribution >= 0.6 is 0 Å². The van der Waals surface area contributed by atoms with Crippen LogP contribution in [0.25, 0.3) is 11.4 Å². The van der Waals surface area contributed by atoms with Crippen molar-refractivity contribution in [1.29, 1.82) is 0 Å². The summed E-state index contributed by atoms with van der Waals surface area (Å²) in [5.41, 5.74) is 2.66. The monoisotopic (exact) mass is 725 g/mol. The van der Waals surface area contributed by atoms with Crippen molar-refractivity contribution in [3.8, 4) is 11.4 Å². The standard InChI is InChI=1S/C32H41N9O4.C2H6O3S/c1-38(2)27-11-13-39(14-12-27)29(42)24-5-9-26(10-6-24)34-32(43)33-25-7-3-23(4-8-25)28-35-30(40-15-19-44-20-16-40)37-31(36-28)41-17-21-45-22-18-41;1-2-6(3,4)5/h3-10,27H,11-22H2,1-2H3,(H2,33,34,43);2H2,1H3,(H,3,4,5). The van der Waals surface area contributed by atoms with Crippen LogP contribution < -0.4 is 20.4 Å². The largest absolute Gasteiger partial charge is 0.378 e. The molecule has 3 aliphatic heterocycles. The Morgan fingerprint density at radius 1 is 0.784 bits per heavy atom. The predicted octanol–water partition coefficient (Wildman–Crippen LogP) is 2.92. The molecule has 0 aliphatic carbocycles. The van der Waals surface area contributed by atoms with Crippen LogP contribution in [0.1, 0.15) is 30.1 Å². The predicted molar refractivity (Wildman–Crippen MR) is 195 cm³/mol. The van der Waals surface area contributed by atoms with E-state index >= 15 is 0 Å².